The quantitative estimate of drug-likeness (QED) is 0.490. The first-order chi connectivity index (χ1) is 4.20. The van der Waals surface area contributed by atoms with Crippen LogP contribution in [-0.4, -0.2) is 9.55 Å². The molecule has 0 spiro atoms. The number of nitrogens with two attached hydrogens (primary N) is 1. The van der Waals surface area contributed by atoms with Gasteiger partial charge in [-0.3, -0.25) is 0 Å². The van der Waals surface area contributed by atoms with Crippen molar-refractivity contribution in [1.82, 2.24) is 9.55 Å². The second-order valence-electron chi connectivity index (χ2n) is 1.66. The summed E-state index contributed by atoms with van der Waals surface area (Å²) >= 11 is 0. The first-order valence-electron chi connectivity index (χ1n) is 2.41. The van der Waals surface area contributed by atoms with Gasteiger partial charge in [-0.05, 0) is 0 Å². The monoisotopic (exact) mass is 124 g/mol. The minimum Gasteiger partial charge on any atom is -0.383 e. The van der Waals surface area contributed by atoms with E-state index in [2.05, 4.69) is 11.1 Å². The molecule has 0 saturated carbocycles. The van der Waals surface area contributed by atoms with Gasteiger partial charge in [0, 0.05) is 19.3 Å². The third-order valence-electron chi connectivity index (χ3n) is 0.924. The summed E-state index contributed by atoms with van der Waals surface area (Å²) < 4.78 is 1.30. The van der Waals surface area contributed by atoms with Crippen molar-refractivity contribution in [3.05, 3.63) is 22.7 Å². The highest BCUT2D eigenvalue weighted by atomic mass is 16.1. The predicted octanol–water partition coefficient (Wildman–Crippen LogP) is -0.837. The number of nitrogen functional groups attached to an aromatic ring is 1. The highest BCUT2D eigenvalue weighted by Gasteiger charge is 1.89. The number of rotatable bonds is 0. The lowest BCUT2D eigenvalue weighted by atomic mass is 10.6. The van der Waals surface area contributed by atoms with Crippen LogP contribution in [0.1, 0.15) is 0 Å². The Morgan fingerprint density at radius 3 is 3.00 bits per heavy atom. The van der Waals surface area contributed by atoms with Crippen LogP contribution >= 0.6 is 0 Å². The van der Waals surface area contributed by atoms with Crippen molar-refractivity contribution in [1.29, 1.82) is 0 Å². The summed E-state index contributed by atoms with van der Waals surface area (Å²) in [6, 6.07) is 2.57. The van der Waals surface area contributed by atoms with Gasteiger partial charge < -0.3 is 10.3 Å². The van der Waals surface area contributed by atoms with Gasteiger partial charge in [0.25, 0.3) is 0 Å². The zero-order valence-corrected chi connectivity index (χ0v) is 4.96. The summed E-state index contributed by atoms with van der Waals surface area (Å²) in [5.74, 6) is 0.137. The van der Waals surface area contributed by atoms with Crippen LogP contribution in [0.3, 0.4) is 0 Å². The van der Waals surface area contributed by atoms with E-state index in [0.717, 1.165) is 0 Å². The number of hydrogen-bond donors (Lipinski definition) is 1. The SMILES string of the molecule is Cn1c[c]c(N)nc1=O. The van der Waals surface area contributed by atoms with Crippen molar-refractivity contribution < 1.29 is 0 Å². The number of hydrogen-bond acceptors (Lipinski definition) is 3. The molecule has 9 heavy (non-hydrogen) atoms. The third kappa shape index (κ3) is 1.07. The highest BCUT2D eigenvalue weighted by molar-refractivity contribution is 5.21. The molecule has 0 aliphatic heterocycles. The van der Waals surface area contributed by atoms with E-state index < -0.39 is 0 Å². The zero-order valence-electron chi connectivity index (χ0n) is 4.96. The number of nitrogens with zero attached hydrogens (tertiary/aromatic N) is 2. The average molecular weight is 124 g/mol. The second kappa shape index (κ2) is 1.89. The summed E-state index contributed by atoms with van der Waals surface area (Å²) in [5, 5.41) is 0. The minimum atomic E-state index is -0.355. The lowest BCUT2D eigenvalue weighted by molar-refractivity contribution is 0.812. The zero-order chi connectivity index (χ0) is 6.85. The van der Waals surface area contributed by atoms with E-state index in [-0.39, 0.29) is 11.5 Å². The summed E-state index contributed by atoms with van der Waals surface area (Å²) in [6.45, 7) is 0. The maximum Gasteiger partial charge on any atom is 0.349 e. The molecule has 0 aliphatic carbocycles. The van der Waals surface area contributed by atoms with Gasteiger partial charge in [-0.2, -0.15) is 4.98 Å². The number of aromatic nitrogens is 2. The molecule has 0 bridgehead atoms. The smallest absolute Gasteiger partial charge is 0.349 e. The Morgan fingerprint density at radius 2 is 2.56 bits per heavy atom. The Labute approximate surface area is 51.9 Å². The molecule has 0 saturated heterocycles. The molecule has 4 nitrogen and oxygen atoms in total. The van der Waals surface area contributed by atoms with Crippen molar-refractivity contribution in [3.63, 3.8) is 0 Å². The predicted molar refractivity (Wildman–Crippen MR) is 32.7 cm³/mol. The number of aryl methyl sites for hydroxylation is 1. The molecule has 1 heterocycles. The fraction of sp³-hybridized carbons (Fsp3) is 0.200. The molecule has 47 valence electrons. The van der Waals surface area contributed by atoms with Gasteiger partial charge in [0.2, 0.25) is 0 Å². The Hall–Kier alpha value is -1.32. The van der Waals surface area contributed by atoms with Gasteiger partial charge in [0.15, 0.2) is 0 Å². The minimum absolute atomic E-state index is 0.137. The van der Waals surface area contributed by atoms with Crippen molar-refractivity contribution in [3.8, 4) is 0 Å². The standard InChI is InChI=1S/C5H6N3O/c1-8-3-2-4(6)7-5(8)9/h3H,1H3,(H2,6,7,9). The fourth-order valence-corrected chi connectivity index (χ4v) is 0.432. The molecule has 0 fully saturated rings. The molecule has 2 N–H and O–H groups in total. The summed E-state index contributed by atoms with van der Waals surface area (Å²) in [7, 11) is 1.59. The Balaban J connectivity index is 3.34. The van der Waals surface area contributed by atoms with E-state index in [0.29, 0.717) is 0 Å². The average Bonchev–Trinajstić information content (AvgIpc) is 1.80. The van der Waals surface area contributed by atoms with Crippen LogP contribution in [0.4, 0.5) is 5.82 Å². The molecule has 1 aromatic heterocycles. The van der Waals surface area contributed by atoms with Crippen LogP contribution in [0.2, 0.25) is 0 Å². The van der Waals surface area contributed by atoms with Crippen molar-refractivity contribution in [2.75, 3.05) is 5.73 Å². The largest absolute Gasteiger partial charge is 0.383 e. The van der Waals surface area contributed by atoms with Crippen LogP contribution in [0, 0.1) is 6.07 Å². The Morgan fingerprint density at radius 1 is 1.89 bits per heavy atom. The van der Waals surface area contributed by atoms with Crippen molar-refractivity contribution >= 4 is 5.82 Å². The lowest BCUT2D eigenvalue weighted by Crippen LogP contribution is -2.19. The molecule has 0 aromatic carbocycles. The summed E-state index contributed by atoms with van der Waals surface area (Å²) in [6.07, 6.45) is 1.45. The van der Waals surface area contributed by atoms with Crippen LogP contribution in [-0.2, 0) is 7.05 Å². The lowest BCUT2D eigenvalue weighted by Gasteiger charge is -1.92. The van der Waals surface area contributed by atoms with Crippen molar-refractivity contribution in [2.45, 2.75) is 0 Å². The first kappa shape index (κ1) is 5.81. The van der Waals surface area contributed by atoms with Gasteiger partial charge in [0.05, 0.1) is 0 Å². The molecule has 1 rings (SSSR count). The third-order valence-corrected chi connectivity index (χ3v) is 0.924. The van der Waals surface area contributed by atoms with E-state index in [1.54, 1.807) is 7.05 Å². The van der Waals surface area contributed by atoms with Crippen LogP contribution in [0.5, 0.6) is 0 Å². The summed E-state index contributed by atoms with van der Waals surface area (Å²) in [5.41, 5.74) is 4.79. The van der Waals surface area contributed by atoms with Gasteiger partial charge >= 0.3 is 5.69 Å². The van der Waals surface area contributed by atoms with Gasteiger partial charge in [-0.15, -0.1) is 0 Å². The molecule has 0 atom stereocenters. The molecule has 4 heteroatoms. The molecule has 0 amide bonds. The number of anilines is 1. The summed E-state index contributed by atoms with van der Waals surface area (Å²) in [4.78, 5) is 14.0. The molecular formula is C5H6N3O. The van der Waals surface area contributed by atoms with E-state index in [1.165, 1.54) is 10.8 Å². The maximum atomic E-state index is 10.6. The van der Waals surface area contributed by atoms with E-state index >= 15 is 0 Å². The Kier molecular flexibility index (Phi) is 1.22. The topological polar surface area (TPSA) is 60.9 Å². The molecule has 1 aromatic rings. The fourth-order valence-electron chi connectivity index (χ4n) is 0.432. The van der Waals surface area contributed by atoms with Crippen LogP contribution in [0.15, 0.2) is 11.0 Å². The van der Waals surface area contributed by atoms with E-state index in [1.807, 2.05) is 0 Å². The maximum absolute atomic E-state index is 10.6. The molecular weight excluding hydrogens is 118 g/mol. The highest BCUT2D eigenvalue weighted by Crippen LogP contribution is 1.83. The first-order valence-corrected chi connectivity index (χ1v) is 2.41. The Bertz CT molecular complexity index is 265. The van der Waals surface area contributed by atoms with Crippen LogP contribution < -0.4 is 11.4 Å². The van der Waals surface area contributed by atoms with Gasteiger partial charge in [-0.1, -0.05) is 0 Å². The normalized spacial score (nSPS) is 9.44. The van der Waals surface area contributed by atoms with Crippen molar-refractivity contribution in [2.24, 2.45) is 7.05 Å². The van der Waals surface area contributed by atoms with E-state index in [4.69, 9.17) is 5.73 Å². The van der Waals surface area contributed by atoms with Gasteiger partial charge in [0.1, 0.15) is 5.82 Å². The second-order valence-corrected chi connectivity index (χ2v) is 1.66. The molecule has 0 aliphatic rings. The molecule has 0 unspecified atom stereocenters. The van der Waals surface area contributed by atoms with Crippen LogP contribution in [0.25, 0.3) is 0 Å². The van der Waals surface area contributed by atoms with Gasteiger partial charge in [-0.25, -0.2) is 4.79 Å². The molecule has 1 radical (unpaired) electrons. The van der Waals surface area contributed by atoms with E-state index in [9.17, 15) is 4.79 Å².